The number of nitrogens with one attached hydrogen (secondary N) is 1. The van der Waals surface area contributed by atoms with Crippen LogP contribution < -0.4 is 10.2 Å². The summed E-state index contributed by atoms with van der Waals surface area (Å²) in [6.45, 7) is 4.74. The Labute approximate surface area is 185 Å². The Hall–Kier alpha value is -3.20. The summed E-state index contributed by atoms with van der Waals surface area (Å²) in [5.41, 5.74) is 2.32. The second-order valence-electron chi connectivity index (χ2n) is 7.36. The van der Waals surface area contributed by atoms with Gasteiger partial charge in [0.15, 0.2) is 11.0 Å². The molecule has 0 bridgehead atoms. The van der Waals surface area contributed by atoms with Crippen LogP contribution in [-0.2, 0) is 16.1 Å². The largest absolute Gasteiger partial charge is 0.324 e. The third-order valence-corrected chi connectivity index (χ3v) is 6.01. The number of para-hydroxylation sites is 2. The molecule has 1 N–H and O–H groups in total. The number of nitrogens with zero attached hydrogens (tertiary/aromatic N) is 5. The molecule has 2 aromatic heterocycles. The molecule has 9 heteroatoms. The molecule has 1 aromatic carbocycles. The fourth-order valence-corrected chi connectivity index (χ4v) is 4.52. The maximum Gasteiger partial charge on any atom is 0.237 e. The lowest BCUT2D eigenvalue weighted by atomic mass is 10.2. The maximum atomic E-state index is 13.3. The van der Waals surface area contributed by atoms with Gasteiger partial charge in [-0.1, -0.05) is 30.8 Å². The SMILES string of the molecule is CCCn1c(SCC(=O)N2c3ccccc3NC(=O)C[C@@H]2C)nnc1-c1ccncc1. The molecule has 0 unspecified atom stereocenters. The van der Waals surface area contributed by atoms with Gasteiger partial charge in [-0.2, -0.15) is 0 Å². The lowest BCUT2D eigenvalue weighted by Crippen LogP contribution is -2.40. The first kappa shape index (κ1) is 21.0. The standard InChI is InChI=1S/C22H24N6O2S/c1-3-12-27-21(16-8-10-23-11-9-16)25-26-22(27)31-14-20(30)28-15(2)13-19(29)24-17-6-4-5-7-18(17)28/h4-11,15H,3,12-14H2,1-2H3,(H,24,29)/t15-/m0/s1. The number of benzene rings is 1. The van der Waals surface area contributed by atoms with Gasteiger partial charge in [-0.3, -0.25) is 14.6 Å². The molecule has 3 aromatic rings. The monoisotopic (exact) mass is 436 g/mol. The van der Waals surface area contributed by atoms with Gasteiger partial charge < -0.3 is 14.8 Å². The molecule has 1 atom stereocenters. The Balaban J connectivity index is 1.56. The van der Waals surface area contributed by atoms with Gasteiger partial charge in [0, 0.05) is 37.0 Å². The Morgan fingerprint density at radius 1 is 1.19 bits per heavy atom. The van der Waals surface area contributed by atoms with Gasteiger partial charge in [0.25, 0.3) is 0 Å². The smallest absolute Gasteiger partial charge is 0.237 e. The average molecular weight is 437 g/mol. The average Bonchev–Trinajstić information content (AvgIpc) is 3.11. The van der Waals surface area contributed by atoms with E-state index < -0.39 is 0 Å². The molecule has 2 amide bonds. The van der Waals surface area contributed by atoms with Gasteiger partial charge >= 0.3 is 0 Å². The number of carbonyl (C=O) groups is 2. The molecule has 0 radical (unpaired) electrons. The molecule has 8 nitrogen and oxygen atoms in total. The van der Waals surface area contributed by atoms with Gasteiger partial charge in [-0.15, -0.1) is 10.2 Å². The minimum Gasteiger partial charge on any atom is -0.324 e. The molecular weight excluding hydrogens is 412 g/mol. The van der Waals surface area contributed by atoms with Crippen molar-refractivity contribution in [2.24, 2.45) is 0 Å². The van der Waals surface area contributed by atoms with Crippen LogP contribution in [0.5, 0.6) is 0 Å². The fourth-order valence-electron chi connectivity index (χ4n) is 3.70. The number of hydrogen-bond donors (Lipinski definition) is 1. The van der Waals surface area contributed by atoms with E-state index in [0.717, 1.165) is 30.0 Å². The lowest BCUT2D eigenvalue weighted by molar-refractivity contribution is -0.117. The van der Waals surface area contributed by atoms with E-state index in [1.807, 2.05) is 47.9 Å². The zero-order valence-electron chi connectivity index (χ0n) is 17.5. The number of hydrogen-bond acceptors (Lipinski definition) is 6. The first-order chi connectivity index (χ1) is 15.1. The quantitative estimate of drug-likeness (QED) is 0.594. The predicted octanol–water partition coefficient (Wildman–Crippen LogP) is 3.61. The number of anilines is 2. The zero-order chi connectivity index (χ0) is 21.8. The number of amides is 2. The second-order valence-corrected chi connectivity index (χ2v) is 8.31. The second kappa shape index (κ2) is 9.30. The van der Waals surface area contributed by atoms with Gasteiger partial charge in [0.2, 0.25) is 11.8 Å². The molecule has 31 heavy (non-hydrogen) atoms. The summed E-state index contributed by atoms with van der Waals surface area (Å²) in [5, 5.41) is 12.3. The molecule has 1 aliphatic heterocycles. The van der Waals surface area contributed by atoms with Gasteiger partial charge in [-0.05, 0) is 37.6 Å². The highest BCUT2D eigenvalue weighted by Gasteiger charge is 2.29. The third-order valence-electron chi connectivity index (χ3n) is 5.06. The minimum atomic E-state index is -0.238. The molecule has 0 saturated carbocycles. The van der Waals surface area contributed by atoms with E-state index in [1.54, 1.807) is 17.3 Å². The van der Waals surface area contributed by atoms with Crippen LogP contribution in [0.25, 0.3) is 11.4 Å². The summed E-state index contributed by atoms with van der Waals surface area (Å²) in [6, 6.07) is 11.0. The Kier molecular flexibility index (Phi) is 6.31. The molecule has 0 aliphatic carbocycles. The number of rotatable bonds is 6. The summed E-state index contributed by atoms with van der Waals surface area (Å²) in [4.78, 5) is 31.2. The molecule has 1 aliphatic rings. The van der Waals surface area contributed by atoms with Crippen molar-refractivity contribution in [2.45, 2.75) is 44.4 Å². The third kappa shape index (κ3) is 4.46. The summed E-state index contributed by atoms with van der Waals surface area (Å²) >= 11 is 1.37. The van der Waals surface area contributed by atoms with E-state index in [9.17, 15) is 9.59 Å². The van der Waals surface area contributed by atoms with Crippen LogP contribution in [0, 0.1) is 0 Å². The Morgan fingerprint density at radius 3 is 2.74 bits per heavy atom. The van der Waals surface area contributed by atoms with Gasteiger partial charge in [0.05, 0.1) is 17.1 Å². The van der Waals surface area contributed by atoms with Crippen molar-refractivity contribution in [2.75, 3.05) is 16.0 Å². The minimum absolute atomic E-state index is 0.0713. The molecule has 0 saturated heterocycles. The molecule has 0 spiro atoms. The van der Waals surface area contributed by atoms with Crippen molar-refractivity contribution in [1.82, 2.24) is 19.7 Å². The van der Waals surface area contributed by atoms with Gasteiger partial charge in [-0.25, -0.2) is 0 Å². The summed E-state index contributed by atoms with van der Waals surface area (Å²) in [5.74, 6) is 0.804. The van der Waals surface area contributed by atoms with E-state index in [0.29, 0.717) is 10.8 Å². The fraction of sp³-hybridized carbons (Fsp3) is 0.318. The van der Waals surface area contributed by atoms with Crippen molar-refractivity contribution >= 4 is 35.0 Å². The molecule has 3 heterocycles. The van der Waals surface area contributed by atoms with Crippen LogP contribution in [0.4, 0.5) is 11.4 Å². The van der Waals surface area contributed by atoms with Crippen molar-refractivity contribution in [3.05, 3.63) is 48.8 Å². The van der Waals surface area contributed by atoms with E-state index >= 15 is 0 Å². The zero-order valence-corrected chi connectivity index (χ0v) is 18.3. The molecule has 160 valence electrons. The van der Waals surface area contributed by atoms with Gasteiger partial charge in [0.1, 0.15) is 0 Å². The summed E-state index contributed by atoms with van der Waals surface area (Å²) in [6.07, 6.45) is 4.62. The number of thioether (sulfide) groups is 1. The van der Waals surface area contributed by atoms with E-state index in [-0.39, 0.29) is 30.0 Å². The number of aromatic nitrogens is 4. The van der Waals surface area contributed by atoms with E-state index in [1.165, 1.54) is 11.8 Å². The van der Waals surface area contributed by atoms with Crippen LogP contribution >= 0.6 is 11.8 Å². The highest BCUT2D eigenvalue weighted by Crippen LogP contribution is 2.32. The first-order valence-electron chi connectivity index (χ1n) is 10.3. The van der Waals surface area contributed by atoms with E-state index in [4.69, 9.17) is 0 Å². The summed E-state index contributed by atoms with van der Waals surface area (Å²) < 4.78 is 2.04. The van der Waals surface area contributed by atoms with Crippen LogP contribution in [0.3, 0.4) is 0 Å². The van der Waals surface area contributed by atoms with Crippen molar-refractivity contribution in [3.63, 3.8) is 0 Å². The number of fused-ring (bicyclic) bond motifs is 1. The van der Waals surface area contributed by atoms with Crippen LogP contribution in [0.2, 0.25) is 0 Å². The number of carbonyl (C=O) groups excluding carboxylic acids is 2. The van der Waals surface area contributed by atoms with Crippen LogP contribution in [0.15, 0.2) is 53.9 Å². The lowest BCUT2D eigenvalue weighted by Gasteiger charge is -2.27. The molecule has 0 fully saturated rings. The highest BCUT2D eigenvalue weighted by atomic mass is 32.2. The van der Waals surface area contributed by atoms with Crippen LogP contribution in [-0.4, -0.2) is 43.4 Å². The van der Waals surface area contributed by atoms with E-state index in [2.05, 4.69) is 27.4 Å². The van der Waals surface area contributed by atoms with Crippen molar-refractivity contribution in [1.29, 1.82) is 0 Å². The molecular formula is C22H24N6O2S. The van der Waals surface area contributed by atoms with Crippen LogP contribution in [0.1, 0.15) is 26.7 Å². The highest BCUT2D eigenvalue weighted by molar-refractivity contribution is 7.99. The molecule has 4 rings (SSSR count). The topological polar surface area (TPSA) is 93.0 Å². The number of pyridine rings is 1. The first-order valence-corrected chi connectivity index (χ1v) is 11.2. The Morgan fingerprint density at radius 2 is 1.97 bits per heavy atom. The Bertz CT molecular complexity index is 1080. The normalized spacial score (nSPS) is 15.9. The maximum absolute atomic E-state index is 13.3. The summed E-state index contributed by atoms with van der Waals surface area (Å²) in [7, 11) is 0. The predicted molar refractivity (Wildman–Crippen MR) is 121 cm³/mol. The van der Waals surface area contributed by atoms with Crippen molar-refractivity contribution in [3.8, 4) is 11.4 Å². The van der Waals surface area contributed by atoms with Crippen molar-refractivity contribution < 1.29 is 9.59 Å².